The summed E-state index contributed by atoms with van der Waals surface area (Å²) in [5.74, 6) is 0.740. The Morgan fingerprint density at radius 1 is 1.32 bits per heavy atom. The van der Waals surface area contributed by atoms with Gasteiger partial charge >= 0.3 is 5.97 Å². The van der Waals surface area contributed by atoms with Crippen LogP contribution in [-0.4, -0.2) is 59.0 Å². The zero-order valence-corrected chi connectivity index (χ0v) is 15.4. The van der Waals surface area contributed by atoms with Gasteiger partial charge in [-0.3, -0.25) is 14.5 Å². The Hall–Kier alpha value is -1.82. The van der Waals surface area contributed by atoms with Gasteiger partial charge in [-0.05, 0) is 57.6 Å². The summed E-state index contributed by atoms with van der Waals surface area (Å²) in [6, 6.07) is 1.43. The fourth-order valence-corrected chi connectivity index (χ4v) is 4.47. The van der Waals surface area contributed by atoms with Crippen LogP contribution in [0.2, 0.25) is 0 Å². The highest BCUT2D eigenvalue weighted by atomic mass is 16.4. The van der Waals surface area contributed by atoms with E-state index in [9.17, 15) is 14.7 Å². The lowest BCUT2D eigenvalue weighted by Crippen LogP contribution is -2.44. The Bertz CT molecular complexity index is 658. The molecule has 1 aromatic heterocycles. The molecule has 3 rings (SSSR count). The van der Waals surface area contributed by atoms with E-state index in [4.69, 9.17) is 4.42 Å². The molecule has 0 unspecified atom stereocenters. The number of amides is 1. The highest BCUT2D eigenvalue weighted by molar-refractivity contribution is 5.95. The molecule has 2 aliphatic rings. The molecule has 0 saturated carbocycles. The number of likely N-dealkylation sites (tertiary alicyclic amines) is 2. The molecule has 1 amide bonds. The molecule has 138 valence electrons. The van der Waals surface area contributed by atoms with E-state index in [1.807, 2.05) is 18.7 Å². The van der Waals surface area contributed by atoms with Gasteiger partial charge in [0.15, 0.2) is 0 Å². The van der Waals surface area contributed by atoms with Crippen LogP contribution in [0, 0.1) is 19.3 Å². The van der Waals surface area contributed by atoms with Crippen LogP contribution in [0.15, 0.2) is 10.5 Å². The Morgan fingerprint density at radius 3 is 2.52 bits per heavy atom. The molecular formula is C19H28N2O4. The molecule has 2 aliphatic heterocycles. The van der Waals surface area contributed by atoms with Crippen molar-refractivity contribution in [3.63, 3.8) is 0 Å². The molecule has 0 aliphatic carbocycles. The predicted molar refractivity (Wildman–Crippen MR) is 93.7 cm³/mol. The van der Waals surface area contributed by atoms with Crippen molar-refractivity contribution in [1.29, 1.82) is 0 Å². The number of hydrogen-bond acceptors (Lipinski definition) is 4. The van der Waals surface area contributed by atoms with Crippen molar-refractivity contribution in [3.05, 3.63) is 23.2 Å². The third-order valence-corrected chi connectivity index (χ3v) is 5.78. The van der Waals surface area contributed by atoms with Gasteiger partial charge in [0.05, 0.1) is 5.56 Å². The Kier molecular flexibility index (Phi) is 4.91. The quantitative estimate of drug-likeness (QED) is 0.905. The topological polar surface area (TPSA) is 74.0 Å². The maximum atomic E-state index is 12.7. The zero-order chi connectivity index (χ0) is 18.2. The lowest BCUT2D eigenvalue weighted by Gasteiger charge is -2.39. The second kappa shape index (κ2) is 6.83. The third-order valence-electron chi connectivity index (χ3n) is 5.78. The largest absolute Gasteiger partial charge is 0.480 e. The van der Waals surface area contributed by atoms with E-state index in [0.717, 1.165) is 38.1 Å². The van der Waals surface area contributed by atoms with Crippen molar-refractivity contribution in [3.8, 4) is 0 Å². The second-order valence-corrected chi connectivity index (χ2v) is 7.65. The van der Waals surface area contributed by atoms with Gasteiger partial charge in [0.2, 0.25) is 0 Å². The van der Waals surface area contributed by atoms with Gasteiger partial charge in [0.1, 0.15) is 17.6 Å². The minimum Gasteiger partial charge on any atom is -0.480 e. The predicted octanol–water partition coefficient (Wildman–Crippen LogP) is 2.69. The first-order valence-electron chi connectivity index (χ1n) is 9.18. The maximum absolute atomic E-state index is 12.7. The van der Waals surface area contributed by atoms with Crippen LogP contribution in [0.3, 0.4) is 0 Å². The molecule has 6 heteroatoms. The summed E-state index contributed by atoms with van der Waals surface area (Å²) in [5, 5.41) is 9.53. The van der Waals surface area contributed by atoms with Gasteiger partial charge in [-0.15, -0.1) is 0 Å². The van der Waals surface area contributed by atoms with E-state index in [2.05, 4.69) is 11.8 Å². The molecule has 0 bridgehead atoms. The van der Waals surface area contributed by atoms with Gasteiger partial charge < -0.3 is 14.4 Å². The van der Waals surface area contributed by atoms with Crippen molar-refractivity contribution < 1.29 is 19.1 Å². The number of nitrogens with zero attached hydrogens (tertiary/aromatic N) is 2. The Balaban J connectivity index is 1.66. The average molecular weight is 348 g/mol. The van der Waals surface area contributed by atoms with E-state index in [1.165, 1.54) is 0 Å². The zero-order valence-electron chi connectivity index (χ0n) is 15.4. The van der Waals surface area contributed by atoms with E-state index in [-0.39, 0.29) is 17.4 Å². The van der Waals surface area contributed by atoms with Gasteiger partial charge in [-0.25, -0.2) is 0 Å². The van der Waals surface area contributed by atoms with Crippen LogP contribution in [0.1, 0.15) is 54.5 Å². The molecule has 25 heavy (non-hydrogen) atoms. The fraction of sp³-hybridized carbons (Fsp3) is 0.684. The molecule has 1 spiro atoms. The van der Waals surface area contributed by atoms with Crippen molar-refractivity contribution in [1.82, 2.24) is 9.80 Å². The summed E-state index contributed by atoms with van der Waals surface area (Å²) in [4.78, 5) is 28.3. The molecule has 1 atom stereocenters. The lowest BCUT2D eigenvalue weighted by molar-refractivity contribution is -0.142. The number of carbonyl (C=O) groups excluding carboxylic acids is 1. The van der Waals surface area contributed by atoms with Crippen LogP contribution < -0.4 is 0 Å². The number of hydrogen-bond donors (Lipinski definition) is 1. The van der Waals surface area contributed by atoms with Crippen molar-refractivity contribution in [2.45, 2.75) is 52.5 Å². The molecule has 3 heterocycles. The number of piperidine rings is 1. The smallest absolute Gasteiger partial charge is 0.320 e. The summed E-state index contributed by atoms with van der Waals surface area (Å²) in [6.07, 6.45) is 3.41. The first-order chi connectivity index (χ1) is 11.8. The number of aryl methyl sites for hydroxylation is 2. The van der Waals surface area contributed by atoms with E-state index in [0.29, 0.717) is 30.8 Å². The number of aliphatic carboxylic acids is 1. The normalized spacial score (nSPS) is 23.3. The number of furan rings is 1. The van der Waals surface area contributed by atoms with Gasteiger partial charge in [-0.1, -0.05) is 6.92 Å². The summed E-state index contributed by atoms with van der Waals surface area (Å²) in [6.45, 7) is 8.80. The number of carboxylic acids is 1. The number of carbonyl (C=O) groups is 2. The van der Waals surface area contributed by atoms with Crippen LogP contribution in [0.4, 0.5) is 0 Å². The minimum atomic E-state index is -0.715. The molecule has 1 N–H and O–H groups in total. The van der Waals surface area contributed by atoms with Crippen LogP contribution in [0.5, 0.6) is 0 Å². The lowest BCUT2D eigenvalue weighted by atomic mass is 9.76. The van der Waals surface area contributed by atoms with Crippen LogP contribution in [-0.2, 0) is 4.79 Å². The standard InChI is InChI=1S/C19H28N2O4/c1-4-7-21-12-19(11-16(21)18(23)24)5-8-20(9-6-19)17(22)15-10-13(2)25-14(15)3/h10,16H,4-9,11-12H2,1-3H3,(H,23,24)/t16-/m1/s1. The summed E-state index contributed by atoms with van der Waals surface area (Å²) in [5.41, 5.74) is 0.687. The van der Waals surface area contributed by atoms with E-state index >= 15 is 0 Å². The molecule has 0 radical (unpaired) electrons. The average Bonchev–Trinajstić information content (AvgIpc) is 3.08. The van der Waals surface area contributed by atoms with Gasteiger partial charge in [0, 0.05) is 19.6 Å². The minimum absolute atomic E-state index is 0.0300. The first kappa shape index (κ1) is 18.0. The van der Waals surface area contributed by atoms with Crippen molar-refractivity contribution >= 4 is 11.9 Å². The highest BCUT2D eigenvalue weighted by Gasteiger charge is 2.48. The second-order valence-electron chi connectivity index (χ2n) is 7.65. The Morgan fingerprint density at radius 2 is 2.00 bits per heavy atom. The van der Waals surface area contributed by atoms with Gasteiger partial charge in [0.25, 0.3) is 5.91 Å². The summed E-state index contributed by atoms with van der Waals surface area (Å²) in [7, 11) is 0. The molecule has 2 saturated heterocycles. The van der Waals surface area contributed by atoms with Gasteiger partial charge in [-0.2, -0.15) is 0 Å². The Labute approximate surface area is 148 Å². The summed E-state index contributed by atoms with van der Waals surface area (Å²) < 4.78 is 5.48. The molecule has 1 aromatic rings. The van der Waals surface area contributed by atoms with Crippen LogP contribution >= 0.6 is 0 Å². The van der Waals surface area contributed by atoms with E-state index < -0.39 is 5.97 Å². The van der Waals surface area contributed by atoms with Crippen molar-refractivity contribution in [2.75, 3.05) is 26.2 Å². The molecular weight excluding hydrogens is 320 g/mol. The molecule has 0 aromatic carbocycles. The molecule has 2 fully saturated rings. The third kappa shape index (κ3) is 3.45. The maximum Gasteiger partial charge on any atom is 0.320 e. The van der Waals surface area contributed by atoms with Crippen molar-refractivity contribution in [2.24, 2.45) is 5.41 Å². The molecule has 6 nitrogen and oxygen atoms in total. The number of rotatable bonds is 4. The monoisotopic (exact) mass is 348 g/mol. The van der Waals surface area contributed by atoms with Crippen LogP contribution in [0.25, 0.3) is 0 Å². The highest BCUT2D eigenvalue weighted by Crippen LogP contribution is 2.43. The first-order valence-corrected chi connectivity index (χ1v) is 9.18. The summed E-state index contributed by atoms with van der Waals surface area (Å²) >= 11 is 0. The SMILES string of the molecule is CCCN1CC2(CCN(C(=O)c3cc(C)oc3C)CC2)C[C@@H]1C(=O)O. The number of carboxylic acid groups (broad SMARTS) is 1. The fourth-order valence-electron chi connectivity index (χ4n) is 4.47. The van der Waals surface area contributed by atoms with E-state index in [1.54, 1.807) is 6.07 Å².